The van der Waals surface area contributed by atoms with Gasteiger partial charge >= 0.3 is 0 Å². The molecule has 0 saturated carbocycles. The molecule has 1 aromatic heterocycles. The predicted molar refractivity (Wildman–Crippen MR) is 107 cm³/mol. The van der Waals surface area contributed by atoms with E-state index in [9.17, 15) is 4.79 Å². The van der Waals surface area contributed by atoms with Crippen molar-refractivity contribution in [3.63, 3.8) is 0 Å². The first-order valence-corrected chi connectivity index (χ1v) is 8.92. The number of rotatable bonds is 4. The maximum atomic E-state index is 13.1. The lowest BCUT2D eigenvalue weighted by Gasteiger charge is -2.27. The largest absolute Gasteiger partial charge is 0.497 e. The molecule has 1 atom stereocenters. The number of carbonyl (C=O) groups is 1. The molecule has 1 N–H and O–H groups in total. The van der Waals surface area contributed by atoms with Gasteiger partial charge in [-0.2, -0.15) is 0 Å². The molecule has 1 unspecified atom stereocenters. The molecule has 0 bridgehead atoms. The van der Waals surface area contributed by atoms with Crippen LogP contribution < -0.4 is 15.0 Å². The summed E-state index contributed by atoms with van der Waals surface area (Å²) in [4.78, 5) is 19.3. The zero-order valence-corrected chi connectivity index (χ0v) is 15.7. The van der Waals surface area contributed by atoms with E-state index in [1.807, 2.05) is 49.4 Å². The highest BCUT2D eigenvalue weighted by molar-refractivity contribution is 6.31. The molecule has 1 aliphatic heterocycles. The predicted octanol–water partition coefficient (Wildman–Crippen LogP) is 4.82. The van der Waals surface area contributed by atoms with E-state index in [2.05, 4.69) is 10.3 Å². The normalized spacial score (nSPS) is 15.6. The minimum atomic E-state index is -0.431. The van der Waals surface area contributed by atoms with Crippen LogP contribution in [0.3, 0.4) is 0 Å². The number of carbonyl (C=O) groups excluding carboxylic acids is 1. The van der Waals surface area contributed by atoms with Gasteiger partial charge in [-0.3, -0.25) is 14.7 Å². The molecule has 6 heteroatoms. The molecule has 0 spiro atoms. The summed E-state index contributed by atoms with van der Waals surface area (Å²) >= 11 is 6.26. The van der Waals surface area contributed by atoms with Crippen LogP contribution in [0, 0.1) is 6.92 Å². The first-order chi connectivity index (χ1) is 13.1. The van der Waals surface area contributed by atoms with Crippen molar-refractivity contribution >= 4 is 28.9 Å². The molecule has 0 radical (unpaired) electrons. The second-order valence-corrected chi connectivity index (χ2v) is 6.68. The summed E-state index contributed by atoms with van der Waals surface area (Å²) in [5, 5.41) is 4.11. The van der Waals surface area contributed by atoms with Crippen molar-refractivity contribution in [3.8, 4) is 5.75 Å². The lowest BCUT2D eigenvalue weighted by Crippen LogP contribution is -2.32. The zero-order chi connectivity index (χ0) is 19.0. The number of hydrogen-bond donors (Lipinski definition) is 1. The summed E-state index contributed by atoms with van der Waals surface area (Å²) in [6, 6.07) is 16.6. The van der Waals surface area contributed by atoms with Crippen LogP contribution in [-0.2, 0) is 0 Å². The third kappa shape index (κ3) is 3.00. The quantitative estimate of drug-likeness (QED) is 0.705. The Balaban J connectivity index is 1.78. The van der Waals surface area contributed by atoms with Crippen LogP contribution in [0.4, 0.5) is 11.4 Å². The van der Waals surface area contributed by atoms with Gasteiger partial charge in [0, 0.05) is 22.6 Å². The molecule has 136 valence electrons. The van der Waals surface area contributed by atoms with Crippen LogP contribution in [-0.4, -0.2) is 18.0 Å². The van der Waals surface area contributed by atoms with Crippen molar-refractivity contribution in [2.24, 2.45) is 0 Å². The molecule has 4 rings (SSSR count). The van der Waals surface area contributed by atoms with Crippen molar-refractivity contribution in [3.05, 3.63) is 82.6 Å². The van der Waals surface area contributed by atoms with E-state index in [-0.39, 0.29) is 5.91 Å². The number of methoxy groups -OCH3 is 1. The highest BCUT2D eigenvalue weighted by Gasteiger charge is 2.39. The first-order valence-electron chi connectivity index (χ1n) is 8.54. The molecule has 1 aliphatic rings. The maximum absolute atomic E-state index is 13.1. The maximum Gasteiger partial charge on any atom is 0.262 e. The SMILES string of the molecule is COc1ccc(N2C(=O)c3cccnc3C2Nc2cccc(Cl)c2C)cc1. The number of nitrogens with one attached hydrogen (secondary N) is 1. The number of hydrogen-bond acceptors (Lipinski definition) is 4. The van der Waals surface area contributed by atoms with Crippen LogP contribution in [0.25, 0.3) is 0 Å². The van der Waals surface area contributed by atoms with E-state index < -0.39 is 6.17 Å². The Bertz CT molecular complexity index is 1000. The molecule has 0 saturated heterocycles. The summed E-state index contributed by atoms with van der Waals surface area (Å²) < 4.78 is 5.23. The molecule has 0 fully saturated rings. The summed E-state index contributed by atoms with van der Waals surface area (Å²) in [7, 11) is 1.61. The van der Waals surface area contributed by atoms with Gasteiger partial charge in [-0.05, 0) is 61.0 Å². The van der Waals surface area contributed by atoms with Gasteiger partial charge in [0.15, 0.2) is 6.17 Å². The second-order valence-electron chi connectivity index (χ2n) is 6.27. The van der Waals surface area contributed by atoms with Crippen molar-refractivity contribution in [1.29, 1.82) is 0 Å². The second kappa shape index (κ2) is 6.93. The molecule has 27 heavy (non-hydrogen) atoms. The third-order valence-corrected chi connectivity index (χ3v) is 5.12. The molecule has 1 amide bonds. The Morgan fingerprint density at radius 1 is 1.11 bits per heavy atom. The standard InChI is InChI=1S/C21H18ClN3O2/c1-13-17(22)6-3-7-18(13)24-20-19-16(5-4-12-23-19)21(26)25(20)14-8-10-15(27-2)11-9-14/h3-12,20,24H,1-2H3. The van der Waals surface area contributed by atoms with Gasteiger partial charge in [0.25, 0.3) is 5.91 Å². The van der Waals surface area contributed by atoms with Crippen molar-refractivity contribution < 1.29 is 9.53 Å². The van der Waals surface area contributed by atoms with Crippen LogP contribution in [0.2, 0.25) is 5.02 Å². The first kappa shape index (κ1) is 17.4. The van der Waals surface area contributed by atoms with Crippen LogP contribution >= 0.6 is 11.6 Å². The highest BCUT2D eigenvalue weighted by Crippen LogP contribution is 2.38. The molecular formula is C21H18ClN3O2. The number of aromatic nitrogens is 1. The molecular weight excluding hydrogens is 362 g/mol. The van der Waals surface area contributed by atoms with Gasteiger partial charge in [-0.15, -0.1) is 0 Å². The Hall–Kier alpha value is -3.05. The van der Waals surface area contributed by atoms with Crippen LogP contribution in [0.5, 0.6) is 5.75 Å². The van der Waals surface area contributed by atoms with Gasteiger partial charge in [0.05, 0.1) is 18.4 Å². The molecule has 2 heterocycles. The number of nitrogens with zero attached hydrogens (tertiary/aromatic N) is 2. The van der Waals surface area contributed by atoms with E-state index in [0.29, 0.717) is 16.3 Å². The topological polar surface area (TPSA) is 54.5 Å². The van der Waals surface area contributed by atoms with Gasteiger partial charge in [0.2, 0.25) is 0 Å². The Kier molecular flexibility index (Phi) is 4.46. The zero-order valence-electron chi connectivity index (χ0n) is 14.9. The number of amides is 1. The Labute approximate surface area is 162 Å². The van der Waals surface area contributed by atoms with Crippen LogP contribution in [0.15, 0.2) is 60.8 Å². The van der Waals surface area contributed by atoms with E-state index in [1.165, 1.54) is 0 Å². The molecule has 5 nitrogen and oxygen atoms in total. The average molecular weight is 380 g/mol. The molecule has 0 aliphatic carbocycles. The van der Waals surface area contributed by atoms with Gasteiger partial charge in [-0.1, -0.05) is 17.7 Å². The summed E-state index contributed by atoms with van der Waals surface area (Å²) in [6.45, 7) is 1.94. The van der Waals surface area contributed by atoms with Crippen molar-refractivity contribution in [2.45, 2.75) is 13.1 Å². The van der Waals surface area contributed by atoms with E-state index in [1.54, 1.807) is 30.3 Å². The van der Waals surface area contributed by atoms with Crippen molar-refractivity contribution in [1.82, 2.24) is 4.98 Å². The fraction of sp³-hybridized carbons (Fsp3) is 0.143. The van der Waals surface area contributed by atoms with Crippen LogP contribution in [0.1, 0.15) is 27.8 Å². The van der Waals surface area contributed by atoms with E-state index in [0.717, 1.165) is 22.7 Å². The summed E-state index contributed by atoms with van der Waals surface area (Å²) in [5.74, 6) is 0.636. The minimum Gasteiger partial charge on any atom is -0.497 e. The third-order valence-electron chi connectivity index (χ3n) is 4.72. The summed E-state index contributed by atoms with van der Waals surface area (Å²) in [5.41, 5.74) is 3.82. The van der Waals surface area contributed by atoms with Gasteiger partial charge in [-0.25, -0.2) is 0 Å². The molecule has 2 aromatic carbocycles. The minimum absolute atomic E-state index is 0.0968. The van der Waals surface area contributed by atoms with Gasteiger partial charge in [0.1, 0.15) is 5.75 Å². The lowest BCUT2D eigenvalue weighted by molar-refractivity contribution is 0.0993. The smallest absolute Gasteiger partial charge is 0.262 e. The lowest BCUT2D eigenvalue weighted by atomic mass is 10.1. The fourth-order valence-corrected chi connectivity index (χ4v) is 3.41. The van der Waals surface area contributed by atoms with Crippen molar-refractivity contribution in [2.75, 3.05) is 17.3 Å². The highest BCUT2D eigenvalue weighted by atomic mass is 35.5. The number of ether oxygens (including phenoxy) is 1. The number of benzene rings is 2. The van der Waals surface area contributed by atoms with Gasteiger partial charge < -0.3 is 10.1 Å². The molecule has 3 aromatic rings. The number of fused-ring (bicyclic) bond motifs is 1. The average Bonchev–Trinajstić information content (AvgIpc) is 2.98. The van der Waals surface area contributed by atoms with E-state index >= 15 is 0 Å². The number of halogens is 1. The van der Waals surface area contributed by atoms with E-state index in [4.69, 9.17) is 16.3 Å². The number of anilines is 2. The monoisotopic (exact) mass is 379 g/mol. The Morgan fingerprint density at radius 3 is 2.63 bits per heavy atom. The Morgan fingerprint density at radius 2 is 1.89 bits per heavy atom. The summed E-state index contributed by atoms with van der Waals surface area (Å²) in [6.07, 6.45) is 1.27. The fourth-order valence-electron chi connectivity index (χ4n) is 3.24. The number of pyridine rings is 1.